The maximum atomic E-state index is 14.7. The van der Waals surface area contributed by atoms with Crippen LogP contribution in [-0.2, 0) is 22.0 Å². The lowest BCUT2D eigenvalue weighted by molar-refractivity contribution is 0.270. The van der Waals surface area contributed by atoms with Crippen molar-refractivity contribution in [2.24, 2.45) is 4.40 Å². The Labute approximate surface area is 182 Å². The Morgan fingerprint density at radius 2 is 1.90 bits per heavy atom. The summed E-state index contributed by atoms with van der Waals surface area (Å²) in [6.45, 7) is 18.0. The molecule has 0 radical (unpaired) electrons. The Hall–Kier alpha value is -1.71. The molecule has 166 valence electrons. The molecule has 2 rings (SSSR count). The first kappa shape index (κ1) is 24.6. The molecule has 0 aliphatic heterocycles. The van der Waals surface area contributed by atoms with Crippen LogP contribution in [0, 0.1) is 12.9 Å². The lowest BCUT2D eigenvalue weighted by Crippen LogP contribution is -2.40. The predicted molar refractivity (Wildman–Crippen MR) is 122 cm³/mol. The van der Waals surface area contributed by atoms with Crippen molar-refractivity contribution in [3.63, 3.8) is 0 Å². The third-order valence-electron chi connectivity index (χ3n) is 5.33. The van der Waals surface area contributed by atoms with Gasteiger partial charge in [0.2, 0.25) is 5.95 Å². The van der Waals surface area contributed by atoms with E-state index in [1.165, 1.54) is 12.4 Å². The summed E-state index contributed by atoms with van der Waals surface area (Å²) in [7, 11) is -3.55. The van der Waals surface area contributed by atoms with Gasteiger partial charge in [0.15, 0.2) is 14.1 Å². The van der Waals surface area contributed by atoms with Crippen molar-refractivity contribution in [1.82, 2.24) is 10.1 Å². The van der Waals surface area contributed by atoms with Crippen molar-refractivity contribution in [3.8, 4) is 11.1 Å². The zero-order chi connectivity index (χ0) is 22.9. The summed E-state index contributed by atoms with van der Waals surface area (Å²) >= 11 is 0. The minimum absolute atomic E-state index is 0.00615. The van der Waals surface area contributed by atoms with Gasteiger partial charge in [0.05, 0.1) is 28.8 Å². The lowest BCUT2D eigenvalue weighted by atomic mass is 10.0. The summed E-state index contributed by atoms with van der Waals surface area (Å²) in [5, 5.41) is 4.01. The van der Waals surface area contributed by atoms with E-state index in [0.29, 0.717) is 28.1 Å². The average molecular weight is 454 g/mol. The van der Waals surface area contributed by atoms with E-state index in [0.717, 1.165) is 0 Å². The molecule has 0 fully saturated rings. The first-order valence-electron chi connectivity index (χ1n) is 9.85. The Morgan fingerprint density at radius 1 is 1.27 bits per heavy atom. The van der Waals surface area contributed by atoms with Gasteiger partial charge in [-0.2, -0.15) is 8.79 Å². The van der Waals surface area contributed by atoms with E-state index in [-0.39, 0.29) is 11.6 Å². The monoisotopic (exact) mass is 453 g/mol. The van der Waals surface area contributed by atoms with Gasteiger partial charge in [-0.3, -0.25) is 0 Å². The zero-order valence-electron chi connectivity index (χ0n) is 19.3. The summed E-state index contributed by atoms with van der Waals surface area (Å²) in [6, 6.07) is 1.71. The Morgan fingerprint density at radius 3 is 2.47 bits per heavy atom. The molecule has 0 aliphatic carbocycles. The standard InChI is InChI=1S/C21H32FN3O3SSi/c1-14-18(17(28-25-14)12-24-29(26)20(2,3)4)15-10-11-23-19(22)16(15)13-27-30(8,9)21(5,6)7/h10-12H,13H2,1-9H3/b24-12+/t29-/m0/s1. The fraction of sp³-hybridized carbons (Fsp3) is 0.571. The molecule has 2 aromatic rings. The zero-order valence-corrected chi connectivity index (χ0v) is 21.1. The summed E-state index contributed by atoms with van der Waals surface area (Å²) in [6.07, 6.45) is 2.80. The molecular formula is C21H32FN3O3SSi. The third-order valence-corrected chi connectivity index (χ3v) is 11.2. The van der Waals surface area contributed by atoms with Crippen LogP contribution in [0.15, 0.2) is 21.2 Å². The van der Waals surface area contributed by atoms with Crippen molar-refractivity contribution in [2.75, 3.05) is 0 Å². The fourth-order valence-electron chi connectivity index (χ4n) is 2.36. The maximum Gasteiger partial charge on any atom is 0.218 e. The van der Waals surface area contributed by atoms with Crippen molar-refractivity contribution < 1.29 is 17.5 Å². The van der Waals surface area contributed by atoms with Crippen LogP contribution in [0.2, 0.25) is 18.1 Å². The van der Waals surface area contributed by atoms with E-state index < -0.39 is 30.0 Å². The van der Waals surface area contributed by atoms with Gasteiger partial charge in [0, 0.05) is 11.8 Å². The van der Waals surface area contributed by atoms with Gasteiger partial charge < -0.3 is 8.95 Å². The smallest absolute Gasteiger partial charge is 0.218 e. The number of hydrogen-bond donors (Lipinski definition) is 0. The maximum absolute atomic E-state index is 14.7. The highest BCUT2D eigenvalue weighted by molar-refractivity contribution is 7.85. The number of halogens is 1. The number of aromatic nitrogens is 2. The molecule has 1 atom stereocenters. The molecule has 0 aromatic carbocycles. The number of rotatable bonds is 6. The molecule has 2 heterocycles. The van der Waals surface area contributed by atoms with Crippen molar-refractivity contribution in [1.29, 1.82) is 0 Å². The number of pyridine rings is 1. The molecule has 0 saturated carbocycles. The first-order valence-corrected chi connectivity index (χ1v) is 13.9. The van der Waals surface area contributed by atoms with Crippen LogP contribution in [0.1, 0.15) is 58.6 Å². The summed E-state index contributed by atoms with van der Waals surface area (Å²) in [4.78, 5) is 3.81. The van der Waals surface area contributed by atoms with E-state index >= 15 is 0 Å². The minimum atomic E-state index is -2.10. The molecule has 30 heavy (non-hydrogen) atoms. The van der Waals surface area contributed by atoms with E-state index in [1.54, 1.807) is 13.0 Å². The van der Waals surface area contributed by atoms with Gasteiger partial charge in [0.25, 0.3) is 0 Å². The van der Waals surface area contributed by atoms with Gasteiger partial charge in [0.1, 0.15) is 11.0 Å². The van der Waals surface area contributed by atoms with Gasteiger partial charge in [-0.1, -0.05) is 25.9 Å². The topological polar surface area (TPSA) is 77.6 Å². The second kappa shape index (κ2) is 8.80. The lowest BCUT2D eigenvalue weighted by Gasteiger charge is -2.36. The molecule has 0 N–H and O–H groups in total. The second-order valence-corrected chi connectivity index (χ2v) is 16.5. The number of nitrogens with zero attached hydrogens (tertiary/aromatic N) is 3. The Kier molecular flexibility index (Phi) is 7.20. The molecule has 0 bridgehead atoms. The molecule has 6 nitrogen and oxygen atoms in total. The van der Waals surface area contributed by atoms with Crippen LogP contribution in [0.5, 0.6) is 0 Å². The van der Waals surface area contributed by atoms with Gasteiger partial charge in [-0.15, -0.1) is 0 Å². The number of aryl methyl sites for hydroxylation is 1. The molecule has 0 saturated heterocycles. The SMILES string of the molecule is Cc1noc(/C=N/[S@@](=O)C(C)(C)C)c1-c1ccnc(F)c1CO[Si](C)(C)C(C)(C)C. The summed E-state index contributed by atoms with van der Waals surface area (Å²) < 4.78 is 42.3. The van der Waals surface area contributed by atoms with E-state index in [2.05, 4.69) is 48.4 Å². The molecule has 0 aliphatic rings. The second-order valence-electron chi connectivity index (χ2n) is 9.78. The third kappa shape index (κ3) is 5.50. The van der Waals surface area contributed by atoms with Gasteiger partial charge >= 0.3 is 0 Å². The van der Waals surface area contributed by atoms with Crippen LogP contribution in [0.4, 0.5) is 4.39 Å². The average Bonchev–Trinajstić information content (AvgIpc) is 2.97. The van der Waals surface area contributed by atoms with Crippen molar-refractivity contribution in [3.05, 3.63) is 35.2 Å². The predicted octanol–water partition coefficient (Wildman–Crippen LogP) is 5.59. The molecule has 0 amide bonds. The quantitative estimate of drug-likeness (QED) is 0.324. The summed E-state index contributed by atoms with van der Waals surface area (Å²) in [5.41, 5.74) is 2.11. The highest BCUT2D eigenvalue weighted by Crippen LogP contribution is 2.38. The summed E-state index contributed by atoms with van der Waals surface area (Å²) in [5.74, 6) is -0.266. The molecule has 0 spiro atoms. The van der Waals surface area contributed by atoms with E-state index in [1.807, 2.05) is 20.8 Å². The highest BCUT2D eigenvalue weighted by Gasteiger charge is 2.37. The molecule has 9 heteroatoms. The van der Waals surface area contributed by atoms with Crippen LogP contribution in [0.3, 0.4) is 0 Å². The van der Waals surface area contributed by atoms with Crippen LogP contribution in [0.25, 0.3) is 11.1 Å². The van der Waals surface area contributed by atoms with Crippen molar-refractivity contribution >= 4 is 25.5 Å². The fourth-order valence-corrected chi connectivity index (χ4v) is 3.81. The first-order chi connectivity index (χ1) is 13.6. The Bertz CT molecular complexity index is 959. The highest BCUT2D eigenvalue weighted by atomic mass is 32.2. The number of hydrogen-bond acceptors (Lipinski definition) is 5. The minimum Gasteiger partial charge on any atom is -0.412 e. The van der Waals surface area contributed by atoms with Crippen LogP contribution < -0.4 is 0 Å². The molecule has 2 aromatic heterocycles. The van der Waals surface area contributed by atoms with E-state index in [9.17, 15) is 8.60 Å². The van der Waals surface area contributed by atoms with Crippen molar-refractivity contribution in [2.45, 2.75) is 78.0 Å². The van der Waals surface area contributed by atoms with Crippen LogP contribution in [-0.4, -0.2) is 33.6 Å². The Balaban J connectivity index is 2.47. The largest absolute Gasteiger partial charge is 0.412 e. The van der Waals surface area contributed by atoms with Gasteiger partial charge in [-0.05, 0) is 57.5 Å². The van der Waals surface area contributed by atoms with E-state index in [4.69, 9.17) is 8.95 Å². The normalized spacial score (nSPS) is 14.5. The van der Waals surface area contributed by atoms with Gasteiger partial charge in [-0.25, -0.2) is 9.19 Å². The molecule has 0 unspecified atom stereocenters. The molecular weight excluding hydrogens is 421 g/mol. The van der Waals surface area contributed by atoms with Crippen LogP contribution >= 0.6 is 0 Å².